The van der Waals surface area contributed by atoms with E-state index >= 15 is 0 Å². The van der Waals surface area contributed by atoms with E-state index in [1.807, 2.05) is 35.3 Å². The number of hydrogen-bond donors (Lipinski definition) is 4. The van der Waals surface area contributed by atoms with E-state index in [2.05, 4.69) is 5.43 Å². The predicted octanol–water partition coefficient (Wildman–Crippen LogP) is -1.12. The molecule has 0 atom stereocenters. The zero-order chi connectivity index (χ0) is 12.0. The van der Waals surface area contributed by atoms with Gasteiger partial charge in [0.25, 0.3) is 0 Å². The van der Waals surface area contributed by atoms with Crippen molar-refractivity contribution in [1.82, 2.24) is 5.43 Å². The van der Waals surface area contributed by atoms with Gasteiger partial charge in [0.1, 0.15) is 0 Å². The summed E-state index contributed by atoms with van der Waals surface area (Å²) < 4.78 is 0. The van der Waals surface area contributed by atoms with Crippen LogP contribution in [0.5, 0.6) is 0 Å². The molecule has 6 nitrogen and oxygen atoms in total. The van der Waals surface area contributed by atoms with Gasteiger partial charge in [0.2, 0.25) is 5.91 Å². The molecule has 2 rings (SSSR count). The second-order valence-electron chi connectivity index (χ2n) is 3.12. The average Bonchev–Trinajstić information content (AvgIpc) is 2.65. The number of nitrogens with zero attached hydrogens (tertiary/aromatic N) is 1. The van der Waals surface area contributed by atoms with E-state index in [-0.39, 0.29) is 5.91 Å². The van der Waals surface area contributed by atoms with E-state index in [4.69, 9.17) is 15.1 Å². The number of nitrogens with one attached hydrogen (secondary N) is 1. The lowest BCUT2D eigenvalue weighted by Crippen LogP contribution is -2.32. The molecule has 0 aliphatic carbocycles. The fourth-order valence-corrected chi connectivity index (χ4v) is 1.28. The maximum absolute atomic E-state index is 10.9. The van der Waals surface area contributed by atoms with E-state index in [9.17, 15) is 4.79 Å². The van der Waals surface area contributed by atoms with Crippen molar-refractivity contribution in [3.8, 4) is 0 Å². The smallest absolute Gasteiger partial charge is 0.402 e. The lowest BCUT2D eigenvalue weighted by Gasteiger charge is -2.16. The second-order valence-corrected chi connectivity index (χ2v) is 3.12. The van der Waals surface area contributed by atoms with Crippen LogP contribution in [-0.2, 0) is 4.79 Å². The highest BCUT2D eigenvalue weighted by molar-refractivity contribution is 6.30. The SMILES string of the molecule is O=C1CCN(c2ccccc2)N1.OB(O)O. The first-order valence-corrected chi connectivity index (χ1v) is 4.76. The molecular formula is C9H13BN2O4. The first kappa shape index (κ1) is 12.5. The third kappa shape index (κ3) is 4.30. The topological polar surface area (TPSA) is 93.0 Å². The van der Waals surface area contributed by atoms with Crippen LogP contribution in [0, 0.1) is 0 Å². The number of amides is 1. The molecule has 16 heavy (non-hydrogen) atoms. The van der Waals surface area contributed by atoms with Gasteiger partial charge >= 0.3 is 7.32 Å². The maximum Gasteiger partial charge on any atom is 0.631 e. The van der Waals surface area contributed by atoms with Gasteiger partial charge in [0.05, 0.1) is 5.69 Å². The molecule has 0 bridgehead atoms. The van der Waals surface area contributed by atoms with E-state index < -0.39 is 7.32 Å². The predicted molar refractivity (Wildman–Crippen MR) is 59.0 cm³/mol. The lowest BCUT2D eigenvalue weighted by atomic mass is 10.3. The number of carbonyl (C=O) groups excluding carboxylic acids is 1. The number of benzene rings is 1. The average molecular weight is 224 g/mol. The fraction of sp³-hybridized carbons (Fsp3) is 0.222. The first-order valence-electron chi connectivity index (χ1n) is 4.76. The van der Waals surface area contributed by atoms with Crippen LogP contribution in [0.4, 0.5) is 5.69 Å². The van der Waals surface area contributed by atoms with Crippen LogP contribution in [0.25, 0.3) is 0 Å². The summed E-state index contributed by atoms with van der Waals surface area (Å²) in [6.07, 6.45) is 0.592. The van der Waals surface area contributed by atoms with E-state index in [0.717, 1.165) is 12.2 Å². The van der Waals surface area contributed by atoms with Gasteiger partial charge in [-0.05, 0) is 12.1 Å². The monoisotopic (exact) mass is 224 g/mol. The minimum Gasteiger partial charge on any atom is -0.402 e. The Morgan fingerprint density at radius 1 is 1.19 bits per heavy atom. The summed E-state index contributed by atoms with van der Waals surface area (Å²) in [5, 5.41) is 23.4. The number of hydrazine groups is 1. The molecule has 7 heteroatoms. The van der Waals surface area contributed by atoms with Crippen molar-refractivity contribution in [3.63, 3.8) is 0 Å². The molecular weight excluding hydrogens is 211 g/mol. The third-order valence-electron chi connectivity index (χ3n) is 1.89. The standard InChI is InChI=1S/C9H10N2O.BH3O3/c12-9-6-7-11(10-9)8-4-2-1-3-5-8;2-1(3)4/h1-5H,6-7H2,(H,10,12);2-4H. The molecule has 1 heterocycles. The molecule has 1 aromatic carbocycles. The van der Waals surface area contributed by atoms with Crippen molar-refractivity contribution in [2.45, 2.75) is 6.42 Å². The minimum absolute atomic E-state index is 0.0962. The third-order valence-corrected chi connectivity index (χ3v) is 1.89. The molecule has 0 radical (unpaired) electrons. The molecule has 86 valence electrons. The molecule has 1 fully saturated rings. The van der Waals surface area contributed by atoms with Gasteiger partial charge in [0, 0.05) is 13.0 Å². The van der Waals surface area contributed by atoms with Crippen molar-refractivity contribution in [2.75, 3.05) is 11.6 Å². The van der Waals surface area contributed by atoms with Crippen molar-refractivity contribution >= 4 is 18.9 Å². The summed E-state index contributed by atoms with van der Waals surface area (Å²) in [6.45, 7) is 0.767. The largest absolute Gasteiger partial charge is 0.631 e. The zero-order valence-electron chi connectivity index (χ0n) is 8.58. The van der Waals surface area contributed by atoms with Gasteiger partial charge in [0.15, 0.2) is 0 Å². The molecule has 0 saturated carbocycles. The van der Waals surface area contributed by atoms with Crippen molar-refractivity contribution in [1.29, 1.82) is 0 Å². The van der Waals surface area contributed by atoms with Gasteiger partial charge in [-0.1, -0.05) is 18.2 Å². The van der Waals surface area contributed by atoms with Gasteiger partial charge in [-0.2, -0.15) is 0 Å². The Morgan fingerprint density at radius 2 is 1.75 bits per heavy atom. The number of rotatable bonds is 1. The second kappa shape index (κ2) is 6.11. The van der Waals surface area contributed by atoms with Crippen LogP contribution in [0.15, 0.2) is 30.3 Å². The van der Waals surface area contributed by atoms with Crippen LogP contribution in [-0.4, -0.2) is 34.8 Å². The van der Waals surface area contributed by atoms with Crippen LogP contribution < -0.4 is 10.4 Å². The molecule has 4 N–H and O–H groups in total. The summed E-state index contributed by atoms with van der Waals surface area (Å²) in [5.74, 6) is 0.0962. The Balaban J connectivity index is 0.000000280. The van der Waals surface area contributed by atoms with Gasteiger partial charge in [-0.15, -0.1) is 0 Å². The molecule has 1 saturated heterocycles. The molecule has 1 aliphatic heterocycles. The molecule has 0 unspecified atom stereocenters. The summed E-state index contributed by atoms with van der Waals surface area (Å²) >= 11 is 0. The van der Waals surface area contributed by atoms with Gasteiger partial charge in [-0.25, -0.2) is 0 Å². The Labute approximate surface area is 93.3 Å². The van der Waals surface area contributed by atoms with Crippen LogP contribution in [0.1, 0.15) is 6.42 Å². The molecule has 1 amide bonds. The normalized spacial score (nSPS) is 13.9. The summed E-state index contributed by atoms with van der Waals surface area (Å²) in [4.78, 5) is 10.9. The van der Waals surface area contributed by atoms with Gasteiger partial charge < -0.3 is 15.1 Å². The van der Waals surface area contributed by atoms with Crippen molar-refractivity contribution < 1.29 is 19.9 Å². The molecule has 1 aromatic rings. The van der Waals surface area contributed by atoms with Crippen LogP contribution >= 0.6 is 0 Å². The Bertz CT molecular complexity index is 331. The van der Waals surface area contributed by atoms with Crippen molar-refractivity contribution in [3.05, 3.63) is 30.3 Å². The summed E-state index contributed by atoms with van der Waals surface area (Å²) in [7, 11) is -2.17. The van der Waals surface area contributed by atoms with E-state index in [0.29, 0.717) is 6.42 Å². The minimum atomic E-state index is -2.17. The van der Waals surface area contributed by atoms with Crippen molar-refractivity contribution in [2.24, 2.45) is 0 Å². The highest BCUT2D eigenvalue weighted by Crippen LogP contribution is 2.13. The molecule has 1 aliphatic rings. The summed E-state index contributed by atoms with van der Waals surface area (Å²) in [6, 6.07) is 9.83. The lowest BCUT2D eigenvalue weighted by molar-refractivity contribution is -0.119. The Hall–Kier alpha value is -1.57. The highest BCUT2D eigenvalue weighted by Gasteiger charge is 2.17. The zero-order valence-corrected chi connectivity index (χ0v) is 8.58. The quantitative estimate of drug-likeness (QED) is 0.453. The first-order chi connectivity index (χ1) is 7.59. The number of carbonyl (C=O) groups is 1. The number of hydrogen-bond acceptors (Lipinski definition) is 5. The number of para-hydroxylation sites is 1. The van der Waals surface area contributed by atoms with Crippen LogP contribution in [0.2, 0.25) is 0 Å². The van der Waals surface area contributed by atoms with E-state index in [1.165, 1.54) is 0 Å². The van der Waals surface area contributed by atoms with Crippen LogP contribution in [0.3, 0.4) is 0 Å². The maximum atomic E-state index is 10.9. The highest BCUT2D eigenvalue weighted by atomic mass is 16.5. The van der Waals surface area contributed by atoms with Gasteiger partial charge in [-0.3, -0.25) is 15.2 Å². The Morgan fingerprint density at radius 3 is 2.19 bits per heavy atom. The summed E-state index contributed by atoms with van der Waals surface area (Å²) in [5.41, 5.74) is 3.81. The fourth-order valence-electron chi connectivity index (χ4n) is 1.28. The van der Waals surface area contributed by atoms with E-state index in [1.54, 1.807) is 0 Å². The number of anilines is 1. The molecule has 0 aromatic heterocycles. The molecule has 0 spiro atoms. The Kier molecular flexibility index (Phi) is 4.78.